The van der Waals surface area contributed by atoms with Gasteiger partial charge >= 0.3 is 0 Å². The number of halogens is 2. The van der Waals surface area contributed by atoms with Gasteiger partial charge in [-0.3, -0.25) is 0 Å². The highest BCUT2D eigenvalue weighted by molar-refractivity contribution is 9.10. The van der Waals surface area contributed by atoms with E-state index in [2.05, 4.69) is 20.9 Å². The standard InChI is InChI=1S/C11H14BrFN2O/c12-9-2-1-8(10(14)15-9)7-11(13)3-5-16-6-4-11/h1-2H,3-7H2,(H2,14,15). The Bertz CT molecular complexity index is 380. The number of aromatic nitrogens is 1. The summed E-state index contributed by atoms with van der Waals surface area (Å²) < 4.78 is 20.2. The minimum atomic E-state index is -1.19. The Morgan fingerprint density at radius 1 is 1.44 bits per heavy atom. The Labute approximate surface area is 102 Å². The first-order chi connectivity index (χ1) is 7.59. The first kappa shape index (κ1) is 11.8. The molecule has 2 heterocycles. The summed E-state index contributed by atoms with van der Waals surface area (Å²) in [6.45, 7) is 0.973. The van der Waals surface area contributed by atoms with Crippen molar-refractivity contribution in [2.45, 2.75) is 24.9 Å². The fraction of sp³-hybridized carbons (Fsp3) is 0.545. The zero-order valence-electron chi connectivity index (χ0n) is 8.88. The molecule has 88 valence electrons. The molecule has 0 amide bonds. The average Bonchev–Trinajstić information content (AvgIpc) is 2.23. The van der Waals surface area contributed by atoms with Gasteiger partial charge in [0.05, 0.1) is 0 Å². The Morgan fingerprint density at radius 3 is 2.75 bits per heavy atom. The van der Waals surface area contributed by atoms with Crippen LogP contribution in [0.1, 0.15) is 18.4 Å². The lowest BCUT2D eigenvalue weighted by Gasteiger charge is -2.29. The molecule has 1 aromatic rings. The van der Waals surface area contributed by atoms with E-state index in [0.717, 1.165) is 5.56 Å². The van der Waals surface area contributed by atoms with E-state index in [1.54, 1.807) is 6.07 Å². The van der Waals surface area contributed by atoms with Crippen molar-refractivity contribution in [3.63, 3.8) is 0 Å². The van der Waals surface area contributed by atoms with Crippen LogP contribution in [0.15, 0.2) is 16.7 Å². The number of nitrogens with two attached hydrogens (primary N) is 1. The summed E-state index contributed by atoms with van der Waals surface area (Å²) in [6.07, 6.45) is 1.19. The van der Waals surface area contributed by atoms with Gasteiger partial charge in [0.15, 0.2) is 0 Å². The Morgan fingerprint density at radius 2 is 2.12 bits per heavy atom. The molecule has 5 heteroatoms. The molecule has 1 aliphatic rings. The van der Waals surface area contributed by atoms with Crippen molar-refractivity contribution in [2.24, 2.45) is 0 Å². The molecule has 0 spiro atoms. The lowest BCUT2D eigenvalue weighted by molar-refractivity contribution is -0.00811. The zero-order chi connectivity index (χ0) is 11.6. The highest BCUT2D eigenvalue weighted by Crippen LogP contribution is 2.31. The molecule has 1 aliphatic heterocycles. The molecule has 0 bridgehead atoms. The SMILES string of the molecule is Nc1nc(Br)ccc1CC1(F)CCOCC1. The summed E-state index contributed by atoms with van der Waals surface area (Å²) in [5, 5.41) is 0. The number of ether oxygens (including phenoxy) is 1. The van der Waals surface area contributed by atoms with E-state index < -0.39 is 5.67 Å². The molecule has 0 unspecified atom stereocenters. The topological polar surface area (TPSA) is 48.1 Å². The number of nitrogens with zero attached hydrogens (tertiary/aromatic N) is 1. The van der Waals surface area contributed by atoms with Crippen molar-refractivity contribution < 1.29 is 9.13 Å². The third-order valence-corrected chi connectivity index (χ3v) is 3.32. The van der Waals surface area contributed by atoms with Gasteiger partial charge in [-0.25, -0.2) is 9.37 Å². The van der Waals surface area contributed by atoms with Gasteiger partial charge in [0.25, 0.3) is 0 Å². The van der Waals surface area contributed by atoms with Crippen LogP contribution >= 0.6 is 15.9 Å². The van der Waals surface area contributed by atoms with Crippen molar-refractivity contribution in [3.05, 3.63) is 22.3 Å². The van der Waals surface area contributed by atoms with Gasteiger partial charge < -0.3 is 10.5 Å². The molecule has 0 aromatic carbocycles. The average molecular weight is 289 g/mol. The highest BCUT2D eigenvalue weighted by Gasteiger charge is 2.33. The second-order valence-corrected chi connectivity index (χ2v) is 4.93. The molecule has 2 N–H and O–H groups in total. The predicted molar refractivity (Wildman–Crippen MR) is 63.9 cm³/mol. The maximum Gasteiger partial charge on any atom is 0.128 e. The molecule has 1 saturated heterocycles. The second kappa shape index (κ2) is 4.67. The van der Waals surface area contributed by atoms with Gasteiger partial charge in [-0.15, -0.1) is 0 Å². The maximum absolute atomic E-state index is 14.4. The maximum atomic E-state index is 14.4. The fourth-order valence-electron chi connectivity index (χ4n) is 1.88. The quantitative estimate of drug-likeness (QED) is 0.851. The van der Waals surface area contributed by atoms with Crippen molar-refractivity contribution in [3.8, 4) is 0 Å². The lowest BCUT2D eigenvalue weighted by Crippen LogP contribution is -2.34. The predicted octanol–water partition coefficient (Wildman–Crippen LogP) is 2.49. The minimum Gasteiger partial charge on any atom is -0.383 e. The van der Waals surface area contributed by atoms with Crippen LogP contribution in [0.25, 0.3) is 0 Å². The van der Waals surface area contributed by atoms with Crippen molar-refractivity contribution in [1.82, 2.24) is 4.98 Å². The summed E-state index contributed by atoms with van der Waals surface area (Å²) >= 11 is 3.23. The monoisotopic (exact) mass is 288 g/mol. The summed E-state index contributed by atoms with van der Waals surface area (Å²) in [7, 11) is 0. The van der Waals surface area contributed by atoms with Crippen LogP contribution in [0.5, 0.6) is 0 Å². The van der Waals surface area contributed by atoms with Gasteiger partial charge in [-0.1, -0.05) is 6.07 Å². The fourth-order valence-corrected chi connectivity index (χ4v) is 2.21. The summed E-state index contributed by atoms with van der Waals surface area (Å²) in [6, 6.07) is 3.61. The van der Waals surface area contributed by atoms with Gasteiger partial charge in [0, 0.05) is 32.5 Å². The van der Waals surface area contributed by atoms with Crippen LogP contribution in [-0.4, -0.2) is 23.9 Å². The molecule has 0 radical (unpaired) electrons. The molecular formula is C11H14BrFN2O. The smallest absolute Gasteiger partial charge is 0.128 e. The van der Waals surface area contributed by atoms with Crippen molar-refractivity contribution >= 4 is 21.7 Å². The number of pyridine rings is 1. The highest BCUT2D eigenvalue weighted by atomic mass is 79.9. The Hall–Kier alpha value is -0.680. The van der Waals surface area contributed by atoms with Gasteiger partial charge in [-0.05, 0) is 27.6 Å². The molecule has 0 aliphatic carbocycles. The van der Waals surface area contributed by atoms with Gasteiger partial charge in [0.2, 0.25) is 0 Å². The van der Waals surface area contributed by atoms with E-state index in [4.69, 9.17) is 10.5 Å². The van der Waals surface area contributed by atoms with E-state index in [1.807, 2.05) is 6.07 Å². The molecule has 0 saturated carbocycles. The number of hydrogen-bond donors (Lipinski definition) is 1. The number of nitrogen functional groups attached to an aromatic ring is 1. The number of hydrogen-bond acceptors (Lipinski definition) is 3. The molecule has 0 atom stereocenters. The molecular weight excluding hydrogens is 275 g/mol. The van der Waals surface area contributed by atoms with Crippen LogP contribution in [0.2, 0.25) is 0 Å². The third kappa shape index (κ3) is 2.71. The first-order valence-electron chi connectivity index (χ1n) is 5.27. The van der Waals surface area contributed by atoms with Crippen LogP contribution in [0.4, 0.5) is 10.2 Å². The van der Waals surface area contributed by atoms with Gasteiger partial charge in [0.1, 0.15) is 16.1 Å². The van der Waals surface area contributed by atoms with Crippen LogP contribution < -0.4 is 5.73 Å². The minimum absolute atomic E-state index is 0.322. The summed E-state index contributed by atoms with van der Waals surface area (Å²) in [5.41, 5.74) is 5.34. The normalized spacial score (nSPS) is 19.6. The summed E-state index contributed by atoms with van der Waals surface area (Å²) in [4.78, 5) is 4.07. The Balaban J connectivity index is 2.13. The second-order valence-electron chi connectivity index (χ2n) is 4.12. The van der Waals surface area contributed by atoms with Crippen molar-refractivity contribution in [1.29, 1.82) is 0 Å². The molecule has 16 heavy (non-hydrogen) atoms. The van der Waals surface area contributed by atoms with E-state index >= 15 is 0 Å². The van der Waals surface area contributed by atoms with E-state index in [-0.39, 0.29) is 0 Å². The molecule has 3 nitrogen and oxygen atoms in total. The molecule has 1 aromatic heterocycles. The number of alkyl halides is 1. The van der Waals surface area contributed by atoms with Gasteiger partial charge in [-0.2, -0.15) is 0 Å². The first-order valence-corrected chi connectivity index (χ1v) is 6.06. The van der Waals surface area contributed by atoms with E-state index in [9.17, 15) is 4.39 Å². The van der Waals surface area contributed by atoms with Crippen LogP contribution in [-0.2, 0) is 11.2 Å². The molecule has 2 rings (SSSR count). The number of rotatable bonds is 2. The Kier molecular flexibility index (Phi) is 3.44. The molecule has 1 fully saturated rings. The van der Waals surface area contributed by atoms with Crippen molar-refractivity contribution in [2.75, 3.05) is 18.9 Å². The van der Waals surface area contributed by atoms with Crippen LogP contribution in [0.3, 0.4) is 0 Å². The number of anilines is 1. The third-order valence-electron chi connectivity index (χ3n) is 2.87. The lowest BCUT2D eigenvalue weighted by atomic mass is 9.89. The zero-order valence-corrected chi connectivity index (χ0v) is 10.5. The summed E-state index contributed by atoms with van der Waals surface area (Å²) in [5.74, 6) is 0.401. The largest absolute Gasteiger partial charge is 0.383 e. The van der Waals surface area contributed by atoms with Crippen LogP contribution in [0, 0.1) is 0 Å². The van der Waals surface area contributed by atoms with E-state index in [1.165, 1.54) is 0 Å². The van der Waals surface area contributed by atoms with E-state index in [0.29, 0.717) is 42.9 Å².